The Labute approximate surface area is 95.5 Å². The van der Waals surface area contributed by atoms with Gasteiger partial charge in [-0.2, -0.15) is 0 Å². The fourth-order valence-electron chi connectivity index (χ4n) is 2.21. The molecule has 2 heteroatoms. The Balaban J connectivity index is 0.000000336. The van der Waals surface area contributed by atoms with E-state index in [0.29, 0.717) is 6.61 Å². The Morgan fingerprint density at radius 3 is 2.33 bits per heavy atom. The summed E-state index contributed by atoms with van der Waals surface area (Å²) in [6, 6.07) is 0.843. The van der Waals surface area contributed by atoms with Crippen molar-refractivity contribution >= 4 is 0 Å². The monoisotopic (exact) mass is 215 g/mol. The van der Waals surface area contributed by atoms with Crippen LogP contribution in [0.1, 0.15) is 59.3 Å². The summed E-state index contributed by atoms with van der Waals surface area (Å²) in [5, 5.41) is 11.6. The van der Waals surface area contributed by atoms with Crippen LogP contribution in [0.25, 0.3) is 0 Å². The van der Waals surface area contributed by atoms with Crippen LogP contribution in [0.2, 0.25) is 0 Å². The normalized spacial score (nSPS) is 24.8. The van der Waals surface area contributed by atoms with Crippen molar-refractivity contribution in [2.24, 2.45) is 5.92 Å². The molecule has 2 atom stereocenters. The van der Waals surface area contributed by atoms with E-state index in [-0.39, 0.29) is 0 Å². The van der Waals surface area contributed by atoms with Crippen molar-refractivity contribution in [3.8, 4) is 0 Å². The number of rotatable bonds is 5. The third-order valence-corrected chi connectivity index (χ3v) is 3.16. The molecule has 0 radical (unpaired) electrons. The lowest BCUT2D eigenvalue weighted by atomic mass is 10.0. The molecule has 0 bridgehead atoms. The molecule has 0 saturated heterocycles. The van der Waals surface area contributed by atoms with Gasteiger partial charge in [0.1, 0.15) is 0 Å². The largest absolute Gasteiger partial charge is 0.396 e. The molecule has 15 heavy (non-hydrogen) atoms. The molecule has 1 aliphatic rings. The number of unbranched alkanes of at least 4 members (excludes halogenated alkanes) is 1. The molecule has 1 rings (SSSR count). The van der Waals surface area contributed by atoms with E-state index in [2.05, 4.69) is 26.1 Å². The Kier molecular flexibility index (Phi) is 10.4. The molecular weight excluding hydrogens is 186 g/mol. The first-order valence-electron chi connectivity index (χ1n) is 6.64. The standard InChI is InChI=1S/C9H19N.C4H10O/c1-3-8-6-5-7-9(8)10-4-2;1-2-3-4-5/h8-10H,3-7H2,1-2H3;5H,2-4H2,1H3. The quantitative estimate of drug-likeness (QED) is 0.739. The lowest BCUT2D eigenvalue weighted by molar-refractivity contribution is 0.287. The van der Waals surface area contributed by atoms with Crippen molar-refractivity contribution < 1.29 is 5.11 Å². The molecule has 0 aromatic heterocycles. The number of aliphatic hydroxyl groups excluding tert-OH is 1. The molecule has 0 aromatic rings. The number of hydrogen-bond acceptors (Lipinski definition) is 2. The summed E-state index contributed by atoms with van der Waals surface area (Å²) in [6.07, 6.45) is 7.70. The van der Waals surface area contributed by atoms with E-state index in [1.807, 2.05) is 0 Å². The van der Waals surface area contributed by atoms with E-state index in [4.69, 9.17) is 5.11 Å². The van der Waals surface area contributed by atoms with Crippen LogP contribution in [0.15, 0.2) is 0 Å². The number of nitrogens with one attached hydrogen (secondary N) is 1. The van der Waals surface area contributed by atoms with Gasteiger partial charge in [-0.3, -0.25) is 0 Å². The van der Waals surface area contributed by atoms with Crippen molar-refractivity contribution in [2.75, 3.05) is 13.2 Å². The Morgan fingerprint density at radius 1 is 1.20 bits per heavy atom. The maximum atomic E-state index is 8.07. The van der Waals surface area contributed by atoms with Crippen LogP contribution in [-0.2, 0) is 0 Å². The molecule has 0 amide bonds. The van der Waals surface area contributed by atoms with Crippen LogP contribution in [-0.4, -0.2) is 24.3 Å². The maximum absolute atomic E-state index is 8.07. The molecule has 0 aliphatic heterocycles. The maximum Gasteiger partial charge on any atom is 0.0430 e. The van der Waals surface area contributed by atoms with E-state index in [9.17, 15) is 0 Å². The van der Waals surface area contributed by atoms with Gasteiger partial charge < -0.3 is 10.4 Å². The molecule has 1 fully saturated rings. The topological polar surface area (TPSA) is 32.3 Å². The van der Waals surface area contributed by atoms with Crippen LogP contribution >= 0.6 is 0 Å². The summed E-state index contributed by atoms with van der Waals surface area (Å²) < 4.78 is 0. The fourth-order valence-corrected chi connectivity index (χ4v) is 2.21. The van der Waals surface area contributed by atoms with Crippen molar-refractivity contribution in [1.82, 2.24) is 5.32 Å². The van der Waals surface area contributed by atoms with Gasteiger partial charge in [0.05, 0.1) is 0 Å². The Bertz CT molecular complexity index is 126. The summed E-state index contributed by atoms with van der Waals surface area (Å²) in [5.74, 6) is 0.972. The minimum atomic E-state index is 0.344. The van der Waals surface area contributed by atoms with Crippen molar-refractivity contribution in [2.45, 2.75) is 65.3 Å². The van der Waals surface area contributed by atoms with Crippen LogP contribution in [0, 0.1) is 5.92 Å². The lowest BCUT2D eigenvalue weighted by Gasteiger charge is -2.17. The highest BCUT2D eigenvalue weighted by atomic mass is 16.2. The van der Waals surface area contributed by atoms with Crippen LogP contribution in [0.4, 0.5) is 0 Å². The van der Waals surface area contributed by atoms with Crippen LogP contribution in [0.3, 0.4) is 0 Å². The molecule has 0 heterocycles. The molecule has 1 aliphatic carbocycles. The van der Waals surface area contributed by atoms with Gasteiger partial charge >= 0.3 is 0 Å². The summed E-state index contributed by atoms with van der Waals surface area (Å²) in [6.45, 7) is 8.04. The van der Waals surface area contributed by atoms with E-state index in [0.717, 1.165) is 31.3 Å². The van der Waals surface area contributed by atoms with Gasteiger partial charge in [-0.15, -0.1) is 0 Å². The smallest absolute Gasteiger partial charge is 0.0430 e. The molecule has 2 N–H and O–H groups in total. The zero-order valence-electron chi connectivity index (χ0n) is 10.8. The van der Waals surface area contributed by atoms with Crippen molar-refractivity contribution in [1.29, 1.82) is 0 Å². The van der Waals surface area contributed by atoms with Gasteiger partial charge in [-0.05, 0) is 31.7 Å². The first kappa shape index (κ1) is 14.9. The van der Waals surface area contributed by atoms with Gasteiger partial charge in [0, 0.05) is 12.6 Å². The first-order valence-corrected chi connectivity index (χ1v) is 6.64. The highest BCUT2D eigenvalue weighted by Crippen LogP contribution is 2.27. The molecule has 0 spiro atoms. The Morgan fingerprint density at radius 2 is 1.93 bits per heavy atom. The van der Waals surface area contributed by atoms with E-state index >= 15 is 0 Å². The highest BCUT2D eigenvalue weighted by Gasteiger charge is 2.23. The first-order chi connectivity index (χ1) is 7.29. The SMILES string of the molecule is CCCCO.CCNC1CCCC1CC. The van der Waals surface area contributed by atoms with Gasteiger partial charge in [-0.25, -0.2) is 0 Å². The van der Waals surface area contributed by atoms with Crippen molar-refractivity contribution in [3.63, 3.8) is 0 Å². The van der Waals surface area contributed by atoms with Gasteiger partial charge in [0.2, 0.25) is 0 Å². The second-order valence-electron chi connectivity index (χ2n) is 4.34. The summed E-state index contributed by atoms with van der Waals surface area (Å²) in [4.78, 5) is 0. The van der Waals surface area contributed by atoms with E-state index in [1.165, 1.54) is 25.7 Å². The third kappa shape index (κ3) is 6.91. The van der Waals surface area contributed by atoms with Gasteiger partial charge in [-0.1, -0.05) is 40.0 Å². The third-order valence-electron chi connectivity index (χ3n) is 3.16. The van der Waals surface area contributed by atoms with E-state index < -0.39 is 0 Å². The van der Waals surface area contributed by atoms with Gasteiger partial charge in [0.25, 0.3) is 0 Å². The van der Waals surface area contributed by atoms with Crippen LogP contribution < -0.4 is 5.32 Å². The molecule has 2 unspecified atom stereocenters. The minimum Gasteiger partial charge on any atom is -0.396 e. The second-order valence-corrected chi connectivity index (χ2v) is 4.34. The van der Waals surface area contributed by atoms with Gasteiger partial charge in [0.15, 0.2) is 0 Å². The summed E-state index contributed by atoms with van der Waals surface area (Å²) >= 11 is 0. The molecule has 2 nitrogen and oxygen atoms in total. The molecule has 1 saturated carbocycles. The number of hydrogen-bond donors (Lipinski definition) is 2. The molecular formula is C13H29NO. The zero-order chi connectivity index (χ0) is 11.5. The average molecular weight is 215 g/mol. The van der Waals surface area contributed by atoms with Crippen LogP contribution in [0.5, 0.6) is 0 Å². The summed E-state index contributed by atoms with van der Waals surface area (Å²) in [5.41, 5.74) is 0. The zero-order valence-corrected chi connectivity index (χ0v) is 10.8. The highest BCUT2D eigenvalue weighted by molar-refractivity contribution is 4.81. The number of aliphatic hydroxyl groups is 1. The predicted octanol–water partition coefficient (Wildman–Crippen LogP) is 2.95. The van der Waals surface area contributed by atoms with E-state index in [1.54, 1.807) is 0 Å². The molecule has 0 aromatic carbocycles. The second kappa shape index (κ2) is 10.4. The average Bonchev–Trinajstić information content (AvgIpc) is 2.68. The van der Waals surface area contributed by atoms with Crippen molar-refractivity contribution in [3.05, 3.63) is 0 Å². The molecule has 92 valence electrons. The Hall–Kier alpha value is -0.0800. The fraction of sp³-hybridized carbons (Fsp3) is 1.00. The minimum absolute atomic E-state index is 0.344. The summed E-state index contributed by atoms with van der Waals surface area (Å²) in [7, 11) is 0. The lowest BCUT2D eigenvalue weighted by Crippen LogP contribution is -2.31. The predicted molar refractivity (Wildman–Crippen MR) is 67.1 cm³/mol.